The highest BCUT2D eigenvalue weighted by atomic mass is 79.9. The first-order valence-electron chi connectivity index (χ1n) is 5.00. The van der Waals surface area contributed by atoms with Gasteiger partial charge < -0.3 is 0 Å². The van der Waals surface area contributed by atoms with Gasteiger partial charge in [0.05, 0.1) is 22.8 Å². The van der Waals surface area contributed by atoms with E-state index in [4.69, 9.17) is 0 Å². The van der Waals surface area contributed by atoms with Crippen molar-refractivity contribution in [2.45, 2.75) is 18.9 Å². The van der Waals surface area contributed by atoms with Crippen molar-refractivity contribution >= 4 is 37.4 Å². The topological polar surface area (TPSA) is 34.9 Å². The molecule has 2 aromatic rings. The van der Waals surface area contributed by atoms with Crippen LogP contribution >= 0.6 is 27.3 Å². The molecule has 1 unspecified atom stereocenters. The van der Waals surface area contributed by atoms with Crippen LogP contribution in [-0.2, 0) is 6.54 Å². The van der Waals surface area contributed by atoms with Gasteiger partial charge in [-0.05, 0) is 15.9 Å². The third-order valence-electron chi connectivity index (χ3n) is 2.89. The van der Waals surface area contributed by atoms with Crippen LogP contribution in [0.3, 0.4) is 0 Å². The zero-order valence-electron chi connectivity index (χ0n) is 8.49. The molecule has 2 heterocycles. The van der Waals surface area contributed by atoms with Gasteiger partial charge in [-0.25, -0.2) is 13.5 Å². The number of fused-ring (bicyclic) bond motifs is 1. The van der Waals surface area contributed by atoms with Crippen LogP contribution in [0.25, 0.3) is 10.1 Å². The molecule has 0 aliphatic heterocycles. The van der Waals surface area contributed by atoms with E-state index in [1.807, 2.05) is 0 Å². The predicted molar refractivity (Wildman–Crippen MR) is 64.6 cm³/mol. The summed E-state index contributed by atoms with van der Waals surface area (Å²) in [5.41, 5.74) is -0.307. The largest absolute Gasteiger partial charge is 0.276 e. The van der Waals surface area contributed by atoms with Crippen LogP contribution in [0.15, 0.2) is 20.8 Å². The van der Waals surface area contributed by atoms with Crippen molar-refractivity contribution in [1.82, 2.24) is 9.78 Å². The number of hydrogen-bond acceptors (Lipinski definition) is 3. The minimum atomic E-state index is -2.62. The van der Waals surface area contributed by atoms with Gasteiger partial charge in [-0.1, -0.05) is 0 Å². The van der Waals surface area contributed by atoms with E-state index in [1.54, 1.807) is 11.6 Å². The van der Waals surface area contributed by atoms with E-state index in [0.29, 0.717) is 9.86 Å². The van der Waals surface area contributed by atoms with Gasteiger partial charge in [-0.15, -0.1) is 11.3 Å². The lowest BCUT2D eigenvalue weighted by molar-refractivity contribution is 0.0939. The van der Waals surface area contributed by atoms with E-state index in [-0.39, 0.29) is 18.5 Å². The molecule has 0 saturated heterocycles. The third kappa shape index (κ3) is 1.81. The maximum atomic E-state index is 12.8. The Hall–Kier alpha value is -0.820. The molecular formula is C10H7BrF2N2OS. The summed E-state index contributed by atoms with van der Waals surface area (Å²) < 4.78 is 28.2. The van der Waals surface area contributed by atoms with Gasteiger partial charge in [-0.2, -0.15) is 5.10 Å². The van der Waals surface area contributed by atoms with Gasteiger partial charge in [0, 0.05) is 22.2 Å². The molecule has 2 aromatic heterocycles. The molecule has 1 aliphatic carbocycles. The molecule has 90 valence electrons. The van der Waals surface area contributed by atoms with E-state index in [9.17, 15) is 13.6 Å². The average molecular weight is 321 g/mol. The summed E-state index contributed by atoms with van der Waals surface area (Å²) in [4.78, 5) is 12.0. The number of aromatic nitrogens is 2. The molecule has 1 aliphatic rings. The maximum Gasteiger partial charge on any atom is 0.276 e. The number of thiophene rings is 1. The van der Waals surface area contributed by atoms with Gasteiger partial charge in [0.15, 0.2) is 0 Å². The quantitative estimate of drug-likeness (QED) is 0.852. The molecule has 0 radical (unpaired) electrons. The van der Waals surface area contributed by atoms with Crippen LogP contribution in [0.1, 0.15) is 6.42 Å². The maximum absolute atomic E-state index is 12.8. The summed E-state index contributed by atoms with van der Waals surface area (Å²) in [6, 6.07) is 0. The van der Waals surface area contributed by atoms with Crippen molar-refractivity contribution in [3.05, 3.63) is 26.4 Å². The first-order valence-corrected chi connectivity index (χ1v) is 6.67. The molecule has 1 fully saturated rings. The lowest BCUT2D eigenvalue weighted by Gasteiger charge is -2.03. The summed E-state index contributed by atoms with van der Waals surface area (Å²) >= 11 is 4.68. The fourth-order valence-corrected chi connectivity index (χ4v) is 3.33. The highest BCUT2D eigenvalue weighted by molar-refractivity contribution is 9.10. The zero-order chi connectivity index (χ0) is 12.2. The van der Waals surface area contributed by atoms with Crippen molar-refractivity contribution in [3.63, 3.8) is 0 Å². The Bertz CT molecular complexity index is 651. The smallest absolute Gasteiger partial charge is 0.267 e. The molecule has 1 saturated carbocycles. The SMILES string of the molecule is O=c1c2c(Br)csc2cnn1CC1CC1(F)F. The normalized spacial score (nSPS) is 21.9. The van der Waals surface area contributed by atoms with Crippen molar-refractivity contribution in [2.24, 2.45) is 5.92 Å². The second-order valence-electron chi connectivity index (χ2n) is 4.12. The number of hydrogen-bond donors (Lipinski definition) is 0. The highest BCUT2D eigenvalue weighted by Gasteiger charge is 2.57. The minimum Gasteiger partial charge on any atom is -0.267 e. The standard InChI is InChI=1S/C10H7BrF2N2OS/c11-6-4-17-7-2-14-15(9(16)8(6)7)3-5-1-10(5,12)13/h2,4-5H,1,3H2. The van der Waals surface area contributed by atoms with E-state index in [0.717, 1.165) is 9.38 Å². The lowest BCUT2D eigenvalue weighted by atomic mass is 10.3. The van der Waals surface area contributed by atoms with Crippen LogP contribution < -0.4 is 5.56 Å². The zero-order valence-corrected chi connectivity index (χ0v) is 10.9. The van der Waals surface area contributed by atoms with E-state index in [1.165, 1.54) is 11.3 Å². The fourth-order valence-electron chi connectivity index (χ4n) is 1.76. The number of nitrogens with zero attached hydrogens (tertiary/aromatic N) is 2. The van der Waals surface area contributed by atoms with Crippen LogP contribution in [-0.4, -0.2) is 15.7 Å². The Balaban J connectivity index is 2.03. The van der Waals surface area contributed by atoms with Gasteiger partial charge in [0.25, 0.3) is 11.5 Å². The van der Waals surface area contributed by atoms with Crippen LogP contribution in [0.5, 0.6) is 0 Å². The number of rotatable bonds is 2. The summed E-state index contributed by atoms with van der Waals surface area (Å²) in [6.45, 7) is -0.00986. The van der Waals surface area contributed by atoms with Gasteiger partial charge in [0.2, 0.25) is 0 Å². The Morgan fingerprint density at radius 2 is 2.35 bits per heavy atom. The predicted octanol–water partition coefficient (Wildman–Crippen LogP) is 2.88. The Morgan fingerprint density at radius 1 is 1.65 bits per heavy atom. The molecular weight excluding hydrogens is 314 g/mol. The molecule has 0 spiro atoms. The Labute approximate surface area is 107 Å². The summed E-state index contributed by atoms with van der Waals surface area (Å²) in [7, 11) is 0. The molecule has 3 rings (SSSR count). The minimum absolute atomic E-state index is 0.00986. The molecule has 7 heteroatoms. The second kappa shape index (κ2) is 3.58. The fraction of sp³-hybridized carbons (Fsp3) is 0.400. The molecule has 0 N–H and O–H groups in total. The van der Waals surface area contributed by atoms with Crippen LogP contribution in [0, 0.1) is 5.92 Å². The van der Waals surface area contributed by atoms with Crippen molar-refractivity contribution < 1.29 is 8.78 Å². The van der Waals surface area contributed by atoms with Gasteiger partial charge in [0.1, 0.15) is 0 Å². The van der Waals surface area contributed by atoms with E-state index >= 15 is 0 Å². The third-order valence-corrected chi connectivity index (χ3v) is 4.73. The van der Waals surface area contributed by atoms with Gasteiger partial charge >= 0.3 is 0 Å². The van der Waals surface area contributed by atoms with E-state index < -0.39 is 11.8 Å². The van der Waals surface area contributed by atoms with Crippen molar-refractivity contribution in [2.75, 3.05) is 0 Å². The van der Waals surface area contributed by atoms with Crippen LogP contribution in [0.2, 0.25) is 0 Å². The van der Waals surface area contributed by atoms with E-state index in [2.05, 4.69) is 21.0 Å². The molecule has 1 atom stereocenters. The second-order valence-corrected chi connectivity index (χ2v) is 5.88. The summed E-state index contributed by atoms with van der Waals surface area (Å²) in [6.07, 6.45) is 1.40. The molecule has 17 heavy (non-hydrogen) atoms. The number of halogens is 3. The van der Waals surface area contributed by atoms with Gasteiger partial charge in [-0.3, -0.25) is 4.79 Å². The first-order chi connectivity index (χ1) is 7.99. The Kier molecular flexibility index (Phi) is 2.38. The summed E-state index contributed by atoms with van der Waals surface area (Å²) in [5, 5.41) is 6.24. The van der Waals surface area contributed by atoms with Crippen LogP contribution in [0.4, 0.5) is 8.78 Å². The monoisotopic (exact) mass is 320 g/mol. The molecule has 0 aromatic carbocycles. The highest BCUT2D eigenvalue weighted by Crippen LogP contribution is 2.49. The molecule has 0 bridgehead atoms. The molecule has 3 nitrogen and oxygen atoms in total. The molecule has 0 amide bonds. The average Bonchev–Trinajstić information content (AvgIpc) is 2.69. The Morgan fingerprint density at radius 3 is 3.00 bits per heavy atom. The first kappa shape index (κ1) is 11.3. The van der Waals surface area contributed by atoms with Crippen molar-refractivity contribution in [3.8, 4) is 0 Å². The number of alkyl halides is 2. The lowest BCUT2D eigenvalue weighted by Crippen LogP contribution is -2.24. The van der Waals surface area contributed by atoms with Crippen molar-refractivity contribution in [1.29, 1.82) is 0 Å². The summed E-state index contributed by atoms with van der Waals surface area (Å²) in [5.74, 6) is -3.37.